The zero-order valence-electron chi connectivity index (χ0n) is 8.51. The van der Waals surface area contributed by atoms with Crippen molar-refractivity contribution >= 4 is 5.91 Å². The lowest BCUT2D eigenvalue weighted by Gasteiger charge is -2.11. The fraction of sp³-hybridized carbons (Fsp3) is 0.889. The Hall–Kier alpha value is -0.610. The van der Waals surface area contributed by atoms with Gasteiger partial charge in [0.2, 0.25) is 5.91 Å². The van der Waals surface area contributed by atoms with Crippen LogP contribution in [0.4, 0.5) is 0 Å². The molecular weight excluding hydrogens is 168 g/mol. The van der Waals surface area contributed by atoms with E-state index in [1.807, 2.05) is 0 Å². The second kappa shape index (κ2) is 8.01. The molecule has 0 aliphatic carbocycles. The maximum atomic E-state index is 10.3. The average Bonchev–Trinajstić information content (AvgIpc) is 2.03. The molecule has 0 saturated carbocycles. The monoisotopic (exact) mass is 188 g/mol. The molecule has 4 nitrogen and oxygen atoms in total. The third kappa shape index (κ3) is 9.30. The van der Waals surface area contributed by atoms with Crippen LogP contribution < -0.4 is 11.1 Å². The van der Waals surface area contributed by atoms with E-state index in [-0.39, 0.29) is 6.61 Å². The van der Waals surface area contributed by atoms with Gasteiger partial charge in [0.1, 0.15) is 6.61 Å². The molecule has 4 heteroatoms. The Bertz CT molecular complexity index is 140. The maximum absolute atomic E-state index is 10.3. The fourth-order valence-corrected chi connectivity index (χ4v) is 1.09. The molecule has 0 radical (unpaired) electrons. The summed E-state index contributed by atoms with van der Waals surface area (Å²) >= 11 is 0. The Morgan fingerprint density at radius 1 is 1.62 bits per heavy atom. The summed E-state index contributed by atoms with van der Waals surface area (Å²) in [5.74, 6) is -0.415. The summed E-state index contributed by atoms with van der Waals surface area (Å²) in [6.45, 7) is 5.62. The summed E-state index contributed by atoms with van der Waals surface area (Å²) in [5, 5.41) is 3.28. The van der Waals surface area contributed by atoms with E-state index < -0.39 is 5.91 Å². The van der Waals surface area contributed by atoms with Gasteiger partial charge in [-0.1, -0.05) is 13.3 Å². The van der Waals surface area contributed by atoms with Crippen molar-refractivity contribution < 1.29 is 9.53 Å². The molecule has 0 spiro atoms. The third-order valence-corrected chi connectivity index (χ3v) is 1.71. The number of nitrogens with one attached hydrogen (secondary N) is 1. The average molecular weight is 188 g/mol. The molecule has 0 aliphatic heterocycles. The molecule has 1 atom stereocenters. The molecule has 0 fully saturated rings. The molecule has 0 heterocycles. The van der Waals surface area contributed by atoms with Crippen LogP contribution >= 0.6 is 0 Å². The minimum Gasteiger partial charge on any atom is -0.370 e. The van der Waals surface area contributed by atoms with Gasteiger partial charge in [-0.2, -0.15) is 0 Å². The normalized spacial score (nSPS) is 12.8. The largest absolute Gasteiger partial charge is 0.370 e. The highest BCUT2D eigenvalue weighted by Gasteiger charge is 1.98. The number of primary amides is 1. The number of hydrogen-bond acceptors (Lipinski definition) is 3. The molecule has 0 aromatic carbocycles. The molecule has 0 aliphatic rings. The highest BCUT2D eigenvalue weighted by atomic mass is 16.5. The summed E-state index contributed by atoms with van der Waals surface area (Å²) in [7, 11) is 0. The van der Waals surface area contributed by atoms with Crippen molar-refractivity contribution in [1.29, 1.82) is 0 Å². The first kappa shape index (κ1) is 12.4. The van der Waals surface area contributed by atoms with Crippen molar-refractivity contribution in [2.45, 2.75) is 32.7 Å². The molecule has 0 aromatic rings. The first-order valence-electron chi connectivity index (χ1n) is 4.76. The van der Waals surface area contributed by atoms with Crippen molar-refractivity contribution in [2.75, 3.05) is 19.8 Å². The molecule has 3 N–H and O–H groups in total. The van der Waals surface area contributed by atoms with Crippen LogP contribution in [-0.4, -0.2) is 31.7 Å². The Balaban J connectivity index is 3.11. The van der Waals surface area contributed by atoms with E-state index in [2.05, 4.69) is 19.2 Å². The Morgan fingerprint density at radius 2 is 2.31 bits per heavy atom. The summed E-state index contributed by atoms with van der Waals surface area (Å²) in [4.78, 5) is 10.3. The molecule has 1 amide bonds. The van der Waals surface area contributed by atoms with Crippen molar-refractivity contribution in [1.82, 2.24) is 5.32 Å². The minimum atomic E-state index is -0.415. The first-order valence-corrected chi connectivity index (χ1v) is 4.76. The molecule has 13 heavy (non-hydrogen) atoms. The molecule has 0 bridgehead atoms. The van der Waals surface area contributed by atoms with E-state index in [1.54, 1.807) is 0 Å². The summed E-state index contributed by atoms with van der Waals surface area (Å²) in [5.41, 5.74) is 4.90. The Labute approximate surface area is 79.8 Å². The van der Waals surface area contributed by atoms with Crippen molar-refractivity contribution in [3.05, 3.63) is 0 Å². The first-order chi connectivity index (χ1) is 6.16. The van der Waals surface area contributed by atoms with Gasteiger partial charge < -0.3 is 15.8 Å². The number of rotatable bonds is 8. The van der Waals surface area contributed by atoms with Gasteiger partial charge in [0.05, 0.1) is 6.61 Å². The van der Waals surface area contributed by atoms with Crippen molar-refractivity contribution in [2.24, 2.45) is 5.73 Å². The topological polar surface area (TPSA) is 64.3 Å². The summed E-state index contributed by atoms with van der Waals surface area (Å²) in [6, 6.07) is 0.516. The smallest absolute Gasteiger partial charge is 0.243 e. The van der Waals surface area contributed by atoms with Crippen LogP contribution in [0.25, 0.3) is 0 Å². The van der Waals surface area contributed by atoms with Crippen molar-refractivity contribution in [3.8, 4) is 0 Å². The molecule has 0 aromatic heterocycles. The molecular formula is C9H20N2O2. The van der Waals surface area contributed by atoms with Gasteiger partial charge in [-0.25, -0.2) is 0 Å². The van der Waals surface area contributed by atoms with Crippen LogP contribution in [0.15, 0.2) is 0 Å². The number of carbonyl (C=O) groups excluding carboxylic acids is 1. The number of nitrogens with two attached hydrogens (primary N) is 1. The Kier molecular flexibility index (Phi) is 7.63. The van der Waals surface area contributed by atoms with Gasteiger partial charge in [0.15, 0.2) is 0 Å². The van der Waals surface area contributed by atoms with Gasteiger partial charge in [-0.15, -0.1) is 0 Å². The van der Waals surface area contributed by atoms with Gasteiger partial charge in [-0.3, -0.25) is 4.79 Å². The van der Waals surface area contributed by atoms with Crippen molar-refractivity contribution in [3.63, 3.8) is 0 Å². The second-order valence-electron chi connectivity index (χ2n) is 3.16. The van der Waals surface area contributed by atoms with Crippen LogP contribution in [0.2, 0.25) is 0 Å². The number of amides is 1. The van der Waals surface area contributed by atoms with E-state index >= 15 is 0 Å². The lowest BCUT2D eigenvalue weighted by atomic mass is 10.2. The lowest BCUT2D eigenvalue weighted by molar-refractivity contribution is -0.122. The maximum Gasteiger partial charge on any atom is 0.243 e. The number of carbonyl (C=O) groups is 1. The van der Waals surface area contributed by atoms with Gasteiger partial charge in [0, 0.05) is 12.6 Å². The second-order valence-corrected chi connectivity index (χ2v) is 3.16. The standard InChI is InChI=1S/C9H20N2O2/c1-3-4-8(2)11-5-6-13-7-9(10)12/h8,11H,3-7H2,1-2H3,(H2,10,12). The third-order valence-electron chi connectivity index (χ3n) is 1.71. The van der Waals surface area contributed by atoms with Crippen LogP contribution in [0.5, 0.6) is 0 Å². The van der Waals surface area contributed by atoms with Crippen LogP contribution in [0.1, 0.15) is 26.7 Å². The van der Waals surface area contributed by atoms with E-state index in [1.165, 1.54) is 6.42 Å². The SMILES string of the molecule is CCCC(C)NCCOCC(N)=O. The van der Waals surface area contributed by atoms with E-state index in [0.717, 1.165) is 13.0 Å². The fourth-order valence-electron chi connectivity index (χ4n) is 1.09. The Morgan fingerprint density at radius 3 is 2.85 bits per heavy atom. The molecule has 78 valence electrons. The number of ether oxygens (including phenoxy) is 1. The van der Waals surface area contributed by atoms with Gasteiger partial charge in [-0.05, 0) is 13.3 Å². The van der Waals surface area contributed by atoms with Gasteiger partial charge >= 0.3 is 0 Å². The zero-order chi connectivity index (χ0) is 10.1. The van der Waals surface area contributed by atoms with Crippen LogP contribution in [0.3, 0.4) is 0 Å². The van der Waals surface area contributed by atoms with Crippen LogP contribution in [-0.2, 0) is 9.53 Å². The van der Waals surface area contributed by atoms with E-state index in [4.69, 9.17) is 10.5 Å². The summed E-state index contributed by atoms with van der Waals surface area (Å²) < 4.78 is 4.99. The van der Waals surface area contributed by atoms with E-state index in [0.29, 0.717) is 12.6 Å². The molecule has 0 rings (SSSR count). The minimum absolute atomic E-state index is 0.0177. The highest BCUT2D eigenvalue weighted by molar-refractivity contribution is 5.74. The van der Waals surface area contributed by atoms with E-state index in [9.17, 15) is 4.79 Å². The quantitative estimate of drug-likeness (QED) is 0.537. The lowest BCUT2D eigenvalue weighted by Crippen LogP contribution is -2.30. The predicted molar refractivity (Wildman–Crippen MR) is 52.4 cm³/mol. The predicted octanol–water partition coefficient (Wildman–Crippen LogP) is 0.267. The zero-order valence-corrected chi connectivity index (χ0v) is 8.51. The highest BCUT2D eigenvalue weighted by Crippen LogP contribution is 1.93. The molecule has 0 saturated heterocycles. The van der Waals surface area contributed by atoms with Gasteiger partial charge in [0.25, 0.3) is 0 Å². The van der Waals surface area contributed by atoms with Crippen LogP contribution in [0, 0.1) is 0 Å². The number of hydrogen-bond donors (Lipinski definition) is 2. The summed E-state index contributed by atoms with van der Waals surface area (Å²) in [6.07, 6.45) is 2.34. The molecule has 1 unspecified atom stereocenters.